The van der Waals surface area contributed by atoms with Crippen molar-refractivity contribution in [2.24, 2.45) is 5.92 Å². The van der Waals surface area contributed by atoms with Gasteiger partial charge in [0.05, 0.1) is 11.3 Å². The van der Waals surface area contributed by atoms with Crippen LogP contribution in [0.4, 0.5) is 11.5 Å². The second kappa shape index (κ2) is 12.1. The molecule has 2 aliphatic heterocycles. The van der Waals surface area contributed by atoms with Gasteiger partial charge in [-0.2, -0.15) is 0 Å². The number of hydrogen-bond acceptors (Lipinski definition) is 6. The highest BCUT2D eigenvalue weighted by atomic mass is 35.5. The number of carbonyl (C=O) groups excluding carboxylic acids is 3. The summed E-state index contributed by atoms with van der Waals surface area (Å²) >= 11 is 6.09. The average molecular weight is 539 g/mol. The summed E-state index contributed by atoms with van der Waals surface area (Å²) in [5.41, 5.74) is 1.33. The molecule has 1 aliphatic carbocycles. The molecule has 202 valence electrons. The number of nitrogens with one attached hydrogen (secondary N) is 3. The van der Waals surface area contributed by atoms with Crippen molar-refractivity contribution in [2.45, 2.75) is 44.6 Å². The number of nitrogens with zero attached hydrogens (tertiary/aromatic N) is 3. The van der Waals surface area contributed by atoms with Gasteiger partial charge in [-0.3, -0.25) is 14.4 Å². The van der Waals surface area contributed by atoms with Crippen molar-refractivity contribution < 1.29 is 14.4 Å². The molecule has 0 bridgehead atoms. The number of halogens is 1. The second-order valence-corrected chi connectivity index (χ2v) is 10.9. The van der Waals surface area contributed by atoms with Crippen LogP contribution in [-0.4, -0.2) is 72.9 Å². The highest BCUT2D eigenvalue weighted by Gasteiger charge is 2.28. The molecule has 0 unspecified atom stereocenters. The average Bonchev–Trinajstić information content (AvgIpc) is 3.76. The number of aromatic nitrogens is 1. The molecule has 3 aliphatic rings. The van der Waals surface area contributed by atoms with Gasteiger partial charge in [0.25, 0.3) is 11.8 Å². The van der Waals surface area contributed by atoms with Gasteiger partial charge in [0.2, 0.25) is 5.91 Å². The Balaban J connectivity index is 1.27. The van der Waals surface area contributed by atoms with Crippen LogP contribution in [0.25, 0.3) is 0 Å². The normalized spacial score (nSPS) is 18.6. The SMILES string of the molecule is O=C(Nc1cc(C(=O)NC2CC2)cnc1N1CCC(CC(=O)N2CCCNCC2)CC1)c1cccc(Cl)c1. The first-order chi connectivity index (χ1) is 18.5. The lowest BCUT2D eigenvalue weighted by molar-refractivity contribution is -0.132. The lowest BCUT2D eigenvalue weighted by Crippen LogP contribution is -2.39. The van der Waals surface area contributed by atoms with Crippen molar-refractivity contribution in [1.29, 1.82) is 0 Å². The summed E-state index contributed by atoms with van der Waals surface area (Å²) in [5.74, 6) is 0.689. The molecule has 3 fully saturated rings. The molecule has 1 aromatic carbocycles. The molecule has 2 aromatic rings. The predicted octanol–water partition coefficient (Wildman–Crippen LogP) is 3.31. The second-order valence-electron chi connectivity index (χ2n) is 10.4. The summed E-state index contributed by atoms with van der Waals surface area (Å²) in [5, 5.41) is 9.76. The summed E-state index contributed by atoms with van der Waals surface area (Å²) < 4.78 is 0. The third kappa shape index (κ3) is 6.82. The van der Waals surface area contributed by atoms with Crippen molar-refractivity contribution in [1.82, 2.24) is 20.5 Å². The van der Waals surface area contributed by atoms with Crippen molar-refractivity contribution in [2.75, 3.05) is 49.5 Å². The number of piperidine rings is 1. The number of hydrogen-bond donors (Lipinski definition) is 3. The van der Waals surface area contributed by atoms with Gasteiger partial charge in [-0.05, 0) is 68.8 Å². The van der Waals surface area contributed by atoms with Crippen LogP contribution in [-0.2, 0) is 4.79 Å². The van der Waals surface area contributed by atoms with E-state index in [4.69, 9.17) is 11.6 Å². The Labute approximate surface area is 228 Å². The summed E-state index contributed by atoms with van der Waals surface area (Å²) in [7, 11) is 0. The van der Waals surface area contributed by atoms with Crippen molar-refractivity contribution in [3.63, 3.8) is 0 Å². The van der Waals surface area contributed by atoms with E-state index in [0.717, 1.165) is 71.4 Å². The molecule has 1 aromatic heterocycles. The predicted molar refractivity (Wildman–Crippen MR) is 148 cm³/mol. The standard InChI is InChI=1S/C28H35ClN6O3/c29-22-4-1-3-20(16-22)27(37)33-24-17-21(28(38)32-23-5-6-23)18-31-26(24)35-12-7-19(8-13-35)15-25(36)34-11-2-9-30-10-14-34/h1,3-4,16-19,23,30H,2,5-15H2,(H,32,38)(H,33,37). The van der Waals surface area contributed by atoms with E-state index in [2.05, 4.69) is 25.8 Å². The highest BCUT2D eigenvalue weighted by molar-refractivity contribution is 6.31. The van der Waals surface area contributed by atoms with Gasteiger partial charge in [-0.15, -0.1) is 0 Å². The van der Waals surface area contributed by atoms with Crippen LogP contribution in [0.15, 0.2) is 36.5 Å². The molecular formula is C28H35ClN6O3. The van der Waals surface area contributed by atoms with E-state index in [0.29, 0.717) is 40.0 Å². The quantitative estimate of drug-likeness (QED) is 0.499. The maximum atomic E-state index is 13.1. The van der Waals surface area contributed by atoms with E-state index >= 15 is 0 Å². The largest absolute Gasteiger partial charge is 0.355 e. The van der Waals surface area contributed by atoms with Gasteiger partial charge in [0, 0.05) is 62.0 Å². The number of pyridine rings is 1. The van der Waals surface area contributed by atoms with Crippen LogP contribution in [0.5, 0.6) is 0 Å². The van der Waals surface area contributed by atoms with E-state index in [9.17, 15) is 14.4 Å². The molecule has 3 heterocycles. The van der Waals surface area contributed by atoms with Gasteiger partial charge >= 0.3 is 0 Å². The molecule has 5 rings (SSSR count). The van der Waals surface area contributed by atoms with Crippen LogP contribution in [0, 0.1) is 5.92 Å². The van der Waals surface area contributed by atoms with Gasteiger partial charge in [-0.1, -0.05) is 17.7 Å². The number of amides is 3. The van der Waals surface area contributed by atoms with Crippen LogP contribution in [0.2, 0.25) is 5.02 Å². The Kier molecular flexibility index (Phi) is 8.44. The van der Waals surface area contributed by atoms with Crippen LogP contribution in [0.1, 0.15) is 59.2 Å². The molecule has 0 atom stereocenters. The minimum atomic E-state index is -0.317. The Morgan fingerprint density at radius 1 is 0.974 bits per heavy atom. The summed E-state index contributed by atoms with van der Waals surface area (Å²) in [6, 6.07) is 8.67. The van der Waals surface area contributed by atoms with E-state index < -0.39 is 0 Å². The van der Waals surface area contributed by atoms with E-state index in [1.807, 2.05) is 4.90 Å². The monoisotopic (exact) mass is 538 g/mol. The Morgan fingerprint density at radius 3 is 2.55 bits per heavy atom. The number of carbonyl (C=O) groups is 3. The molecule has 2 saturated heterocycles. The first kappa shape index (κ1) is 26.4. The fourth-order valence-corrected chi connectivity index (χ4v) is 5.26. The first-order valence-corrected chi connectivity index (χ1v) is 14.0. The van der Waals surface area contributed by atoms with Gasteiger partial charge in [0.1, 0.15) is 0 Å². The van der Waals surface area contributed by atoms with Gasteiger partial charge in [-0.25, -0.2) is 4.98 Å². The van der Waals surface area contributed by atoms with Gasteiger partial charge < -0.3 is 25.8 Å². The van der Waals surface area contributed by atoms with E-state index in [-0.39, 0.29) is 23.8 Å². The van der Waals surface area contributed by atoms with Crippen molar-refractivity contribution in [3.05, 3.63) is 52.7 Å². The Hall–Kier alpha value is -3.17. The minimum absolute atomic E-state index is 0.189. The first-order valence-electron chi connectivity index (χ1n) is 13.6. The van der Waals surface area contributed by atoms with E-state index in [1.165, 1.54) is 0 Å². The summed E-state index contributed by atoms with van der Waals surface area (Å²) in [6.07, 6.45) is 6.85. The summed E-state index contributed by atoms with van der Waals surface area (Å²) in [4.78, 5) is 47.4. The Bertz CT molecular complexity index is 1170. The minimum Gasteiger partial charge on any atom is -0.355 e. The molecule has 0 radical (unpaired) electrons. The topological polar surface area (TPSA) is 107 Å². The van der Waals surface area contributed by atoms with Crippen LogP contribution < -0.4 is 20.9 Å². The molecule has 3 N–H and O–H groups in total. The maximum Gasteiger partial charge on any atom is 0.255 e. The zero-order chi connectivity index (χ0) is 26.5. The van der Waals surface area contributed by atoms with Crippen LogP contribution in [0.3, 0.4) is 0 Å². The third-order valence-corrected chi connectivity index (χ3v) is 7.68. The molecule has 3 amide bonds. The molecule has 9 nitrogen and oxygen atoms in total. The zero-order valence-corrected chi connectivity index (χ0v) is 22.3. The number of benzene rings is 1. The fourth-order valence-electron chi connectivity index (χ4n) is 5.07. The van der Waals surface area contributed by atoms with Crippen molar-refractivity contribution in [3.8, 4) is 0 Å². The molecule has 0 spiro atoms. The van der Waals surface area contributed by atoms with E-state index in [1.54, 1.807) is 36.5 Å². The highest BCUT2D eigenvalue weighted by Crippen LogP contribution is 2.31. The Morgan fingerprint density at radius 2 is 1.79 bits per heavy atom. The van der Waals surface area contributed by atoms with Gasteiger partial charge in [0.15, 0.2) is 5.82 Å². The van der Waals surface area contributed by atoms with Crippen molar-refractivity contribution >= 4 is 40.8 Å². The molecule has 38 heavy (non-hydrogen) atoms. The number of anilines is 2. The lowest BCUT2D eigenvalue weighted by atomic mass is 9.92. The van der Waals surface area contributed by atoms with Crippen LogP contribution >= 0.6 is 11.6 Å². The molecular weight excluding hydrogens is 504 g/mol. The molecule has 1 saturated carbocycles. The lowest BCUT2D eigenvalue weighted by Gasteiger charge is -2.34. The third-order valence-electron chi connectivity index (χ3n) is 7.45. The fraction of sp³-hybridized carbons (Fsp3) is 0.500. The molecule has 10 heteroatoms. The summed E-state index contributed by atoms with van der Waals surface area (Å²) in [6.45, 7) is 4.86. The maximum absolute atomic E-state index is 13.1. The number of rotatable bonds is 7. The zero-order valence-electron chi connectivity index (χ0n) is 21.5. The smallest absolute Gasteiger partial charge is 0.255 e.